The molecule has 1 aliphatic rings. The lowest BCUT2D eigenvalue weighted by molar-refractivity contribution is -0.154. The van der Waals surface area contributed by atoms with Gasteiger partial charge in [0.15, 0.2) is 0 Å². The zero-order valence-corrected chi connectivity index (χ0v) is 12.3. The van der Waals surface area contributed by atoms with E-state index in [9.17, 15) is 14.7 Å². The fourth-order valence-corrected chi connectivity index (χ4v) is 3.26. The monoisotopic (exact) mass is 331 g/mol. The highest BCUT2D eigenvalue weighted by Crippen LogP contribution is 2.31. The first-order valence-corrected chi connectivity index (χ1v) is 7.31. The van der Waals surface area contributed by atoms with Gasteiger partial charge in [-0.05, 0) is 47.8 Å². The molecular weight excluding hydrogens is 318 g/mol. The summed E-state index contributed by atoms with van der Waals surface area (Å²) in [6, 6.07) is 3.88. The van der Waals surface area contributed by atoms with Gasteiger partial charge in [0.05, 0.1) is 3.79 Å². The van der Waals surface area contributed by atoms with Crippen molar-refractivity contribution in [1.82, 2.24) is 5.32 Å². The molecule has 1 unspecified atom stereocenters. The highest BCUT2D eigenvalue weighted by Gasteiger charge is 2.43. The van der Waals surface area contributed by atoms with Crippen LogP contribution < -0.4 is 5.32 Å². The molecule has 0 radical (unpaired) electrons. The first kappa shape index (κ1) is 13.5. The van der Waals surface area contributed by atoms with Crippen LogP contribution in [0, 0.1) is 5.41 Å². The second-order valence-electron chi connectivity index (χ2n) is 4.77. The normalized spacial score (nSPS) is 18.1. The van der Waals surface area contributed by atoms with Crippen molar-refractivity contribution < 1.29 is 14.7 Å². The number of thiophene rings is 1. The number of carboxylic acid groups (broad SMARTS) is 1. The summed E-state index contributed by atoms with van der Waals surface area (Å²) in [5.41, 5.74) is -1.40. The van der Waals surface area contributed by atoms with Gasteiger partial charge in [0.2, 0.25) is 5.91 Å². The molecule has 1 aliphatic carbocycles. The summed E-state index contributed by atoms with van der Waals surface area (Å²) in [6.45, 7) is 1.49. The molecule has 1 fully saturated rings. The van der Waals surface area contributed by atoms with Gasteiger partial charge in [0, 0.05) is 17.3 Å². The molecule has 0 spiro atoms. The van der Waals surface area contributed by atoms with Crippen molar-refractivity contribution in [2.45, 2.75) is 32.2 Å². The van der Waals surface area contributed by atoms with Gasteiger partial charge in [0.1, 0.15) is 5.41 Å². The molecular formula is C12H14BrNO3S. The number of carbonyl (C=O) groups excluding carboxylic acids is 1. The van der Waals surface area contributed by atoms with Crippen molar-refractivity contribution >= 4 is 39.1 Å². The van der Waals surface area contributed by atoms with Crippen molar-refractivity contribution in [1.29, 1.82) is 0 Å². The Balaban J connectivity index is 2.14. The zero-order valence-electron chi connectivity index (χ0n) is 9.90. The Bertz CT molecular complexity index is 483. The quantitative estimate of drug-likeness (QED) is 0.814. The smallest absolute Gasteiger partial charge is 0.319 e. The molecule has 4 nitrogen and oxygen atoms in total. The van der Waals surface area contributed by atoms with Crippen LogP contribution in [0.15, 0.2) is 15.9 Å². The average molecular weight is 332 g/mol. The number of halogens is 1. The maximum Gasteiger partial charge on any atom is 0.319 e. The predicted molar refractivity (Wildman–Crippen MR) is 72.6 cm³/mol. The molecule has 0 saturated heterocycles. The Labute approximate surface area is 118 Å². The van der Waals surface area contributed by atoms with E-state index in [0.29, 0.717) is 0 Å². The van der Waals surface area contributed by atoms with Crippen LogP contribution in [-0.2, 0) is 16.0 Å². The van der Waals surface area contributed by atoms with Crippen LogP contribution in [0.1, 0.15) is 24.6 Å². The van der Waals surface area contributed by atoms with E-state index >= 15 is 0 Å². The highest BCUT2D eigenvalue weighted by molar-refractivity contribution is 9.11. The van der Waals surface area contributed by atoms with E-state index in [2.05, 4.69) is 21.2 Å². The number of amides is 1. The van der Waals surface area contributed by atoms with Crippen molar-refractivity contribution in [3.63, 3.8) is 0 Å². The molecule has 1 saturated carbocycles. The van der Waals surface area contributed by atoms with Crippen LogP contribution in [0.5, 0.6) is 0 Å². The molecule has 98 valence electrons. The van der Waals surface area contributed by atoms with E-state index in [4.69, 9.17) is 0 Å². The standard InChI is InChI=1S/C12H14BrNO3S/c1-12(11(16)17,10(15)14-7-2-3-7)6-8-4-5-9(13)18-8/h4-5,7H,2-3,6H2,1H3,(H,14,15)(H,16,17). The lowest BCUT2D eigenvalue weighted by Gasteiger charge is -2.23. The van der Waals surface area contributed by atoms with Crippen LogP contribution in [0.25, 0.3) is 0 Å². The summed E-state index contributed by atoms with van der Waals surface area (Å²) >= 11 is 4.79. The first-order valence-electron chi connectivity index (χ1n) is 5.70. The van der Waals surface area contributed by atoms with E-state index in [1.807, 2.05) is 12.1 Å². The summed E-state index contributed by atoms with van der Waals surface area (Å²) in [6.07, 6.45) is 2.12. The van der Waals surface area contributed by atoms with Crippen LogP contribution in [0.4, 0.5) is 0 Å². The third kappa shape index (κ3) is 2.92. The van der Waals surface area contributed by atoms with E-state index in [1.165, 1.54) is 18.3 Å². The molecule has 0 aromatic carbocycles. The topological polar surface area (TPSA) is 66.4 Å². The second kappa shape index (κ2) is 5.01. The summed E-state index contributed by atoms with van der Waals surface area (Å²) < 4.78 is 0.938. The average Bonchev–Trinajstić information content (AvgIpc) is 3.01. The van der Waals surface area contributed by atoms with Gasteiger partial charge in [0.25, 0.3) is 0 Å². The summed E-state index contributed by atoms with van der Waals surface area (Å²) in [5, 5.41) is 12.1. The molecule has 0 bridgehead atoms. The molecule has 1 heterocycles. The second-order valence-corrected chi connectivity index (χ2v) is 7.32. The Hall–Kier alpha value is -0.880. The Morgan fingerprint density at radius 3 is 2.67 bits per heavy atom. The molecule has 1 amide bonds. The maximum atomic E-state index is 12.1. The van der Waals surface area contributed by atoms with Gasteiger partial charge in [-0.2, -0.15) is 0 Å². The molecule has 1 aromatic heterocycles. The SMILES string of the molecule is CC(Cc1ccc(Br)s1)(C(=O)O)C(=O)NC1CC1. The third-order valence-electron chi connectivity index (χ3n) is 3.04. The molecule has 6 heteroatoms. The highest BCUT2D eigenvalue weighted by atomic mass is 79.9. The number of carbonyl (C=O) groups is 2. The van der Waals surface area contributed by atoms with Gasteiger partial charge in [-0.25, -0.2) is 0 Å². The zero-order chi connectivity index (χ0) is 13.3. The number of nitrogens with one attached hydrogen (secondary N) is 1. The summed E-state index contributed by atoms with van der Waals surface area (Å²) in [4.78, 5) is 24.4. The summed E-state index contributed by atoms with van der Waals surface area (Å²) in [5.74, 6) is -1.47. The van der Waals surface area contributed by atoms with Crippen molar-refractivity contribution in [3.8, 4) is 0 Å². The number of aliphatic carboxylic acids is 1. The van der Waals surface area contributed by atoms with Crippen LogP contribution >= 0.6 is 27.3 Å². The fourth-order valence-electron chi connectivity index (χ4n) is 1.62. The van der Waals surface area contributed by atoms with E-state index in [0.717, 1.165) is 21.5 Å². The Kier molecular flexibility index (Phi) is 3.77. The molecule has 1 atom stereocenters. The lowest BCUT2D eigenvalue weighted by atomic mass is 9.85. The first-order chi connectivity index (χ1) is 8.41. The number of hydrogen-bond acceptors (Lipinski definition) is 3. The maximum absolute atomic E-state index is 12.1. The van der Waals surface area contributed by atoms with Gasteiger partial charge in [-0.3, -0.25) is 9.59 Å². The van der Waals surface area contributed by atoms with Gasteiger partial charge >= 0.3 is 5.97 Å². The van der Waals surface area contributed by atoms with Crippen molar-refractivity contribution in [2.24, 2.45) is 5.41 Å². The minimum atomic E-state index is -1.40. The molecule has 2 rings (SSSR count). The fraction of sp³-hybridized carbons (Fsp3) is 0.500. The number of hydrogen-bond donors (Lipinski definition) is 2. The predicted octanol–water partition coefficient (Wildman–Crippen LogP) is 2.42. The van der Waals surface area contributed by atoms with Crippen molar-refractivity contribution in [2.75, 3.05) is 0 Å². The van der Waals surface area contributed by atoms with Crippen LogP contribution in [0.2, 0.25) is 0 Å². The largest absolute Gasteiger partial charge is 0.480 e. The molecule has 2 N–H and O–H groups in total. The molecule has 18 heavy (non-hydrogen) atoms. The minimum Gasteiger partial charge on any atom is -0.480 e. The number of rotatable bonds is 5. The molecule has 1 aromatic rings. The molecule has 0 aliphatic heterocycles. The Morgan fingerprint density at radius 1 is 1.56 bits per heavy atom. The van der Waals surface area contributed by atoms with E-state index in [-0.39, 0.29) is 18.4 Å². The van der Waals surface area contributed by atoms with Crippen molar-refractivity contribution in [3.05, 3.63) is 20.8 Å². The van der Waals surface area contributed by atoms with Crippen LogP contribution in [-0.4, -0.2) is 23.0 Å². The third-order valence-corrected chi connectivity index (χ3v) is 4.67. The van der Waals surface area contributed by atoms with E-state index < -0.39 is 11.4 Å². The minimum absolute atomic E-state index is 0.172. The van der Waals surface area contributed by atoms with Crippen LogP contribution in [0.3, 0.4) is 0 Å². The summed E-state index contributed by atoms with van der Waals surface area (Å²) in [7, 11) is 0. The van der Waals surface area contributed by atoms with Gasteiger partial charge in [-0.1, -0.05) is 0 Å². The number of carboxylic acids is 1. The Morgan fingerprint density at radius 2 is 2.22 bits per heavy atom. The van der Waals surface area contributed by atoms with Gasteiger partial charge in [-0.15, -0.1) is 11.3 Å². The van der Waals surface area contributed by atoms with Gasteiger partial charge < -0.3 is 10.4 Å². The van der Waals surface area contributed by atoms with E-state index in [1.54, 1.807) is 0 Å². The lowest BCUT2D eigenvalue weighted by Crippen LogP contribution is -2.46.